The Kier molecular flexibility index (Phi) is 36.9. The van der Waals surface area contributed by atoms with Crippen LogP contribution in [-0.4, -0.2) is 33.4 Å². The van der Waals surface area contributed by atoms with E-state index >= 15 is 0 Å². The van der Waals surface area contributed by atoms with Crippen molar-refractivity contribution in [3.05, 3.63) is 24.3 Å². The molecular weight excluding hydrogens is 512 g/mol. The van der Waals surface area contributed by atoms with Gasteiger partial charge < -0.3 is 15.3 Å². The maximum absolute atomic E-state index is 10.3. The summed E-state index contributed by atoms with van der Waals surface area (Å²) in [5.41, 5.74) is 0. The average molecular weight is 581 g/mol. The molecule has 3 N–H and O–H groups in total. The fourth-order valence-electron chi connectivity index (χ4n) is 4.71. The predicted octanol–water partition coefficient (Wildman–Crippen LogP) is 11.2. The molecule has 0 fully saturated rings. The van der Waals surface area contributed by atoms with Gasteiger partial charge >= 0.3 is 11.9 Å². The molecule has 0 bridgehead atoms. The highest BCUT2D eigenvalue weighted by atomic mass is 16.4. The molecule has 0 aliphatic carbocycles. The van der Waals surface area contributed by atoms with Gasteiger partial charge in [0.25, 0.3) is 0 Å². The highest BCUT2D eigenvalue weighted by molar-refractivity contribution is 5.66. The number of allylic oxidation sites excluding steroid dienone is 3. The second kappa shape index (κ2) is 36.4. The number of carboxylic acids is 2. The highest BCUT2D eigenvalue weighted by Gasteiger charge is 2.01. The third-order valence-electron chi connectivity index (χ3n) is 7.38. The Morgan fingerprint density at radius 2 is 0.829 bits per heavy atom. The molecule has 0 aliphatic heterocycles. The molecule has 0 unspecified atom stereocenters. The van der Waals surface area contributed by atoms with Crippen LogP contribution < -0.4 is 0 Å². The van der Waals surface area contributed by atoms with Gasteiger partial charge in [0, 0.05) is 12.8 Å². The summed E-state index contributed by atoms with van der Waals surface area (Å²) in [7, 11) is 0. The maximum atomic E-state index is 10.3. The predicted molar refractivity (Wildman–Crippen MR) is 176 cm³/mol. The summed E-state index contributed by atoms with van der Waals surface area (Å²) in [5.74, 6) is -1.35. The Hall–Kier alpha value is -1.62. The zero-order valence-corrected chi connectivity index (χ0v) is 27.1. The minimum Gasteiger partial charge on any atom is -0.481 e. The van der Waals surface area contributed by atoms with E-state index in [1.165, 1.54) is 96.3 Å². The fraction of sp³-hybridized carbons (Fsp3) is 0.833. The van der Waals surface area contributed by atoms with Crippen LogP contribution in [0.4, 0.5) is 0 Å². The van der Waals surface area contributed by atoms with Gasteiger partial charge in [-0.3, -0.25) is 9.59 Å². The van der Waals surface area contributed by atoms with E-state index in [-0.39, 0.29) is 6.10 Å². The van der Waals surface area contributed by atoms with Crippen LogP contribution in [0.3, 0.4) is 0 Å². The molecule has 0 saturated heterocycles. The van der Waals surface area contributed by atoms with Gasteiger partial charge in [0.1, 0.15) is 0 Å². The third kappa shape index (κ3) is 43.0. The second-order valence-electron chi connectivity index (χ2n) is 11.6. The van der Waals surface area contributed by atoms with E-state index in [0.717, 1.165) is 64.2 Å². The van der Waals surface area contributed by atoms with Crippen molar-refractivity contribution in [2.75, 3.05) is 0 Å². The van der Waals surface area contributed by atoms with Crippen molar-refractivity contribution < 1.29 is 24.9 Å². The number of aliphatic hydroxyl groups excluding tert-OH is 1. The molecule has 0 radical (unpaired) electrons. The van der Waals surface area contributed by atoms with Gasteiger partial charge in [0.2, 0.25) is 0 Å². The molecule has 0 rings (SSSR count). The minimum absolute atomic E-state index is 0.172. The van der Waals surface area contributed by atoms with Crippen molar-refractivity contribution in [1.29, 1.82) is 0 Å². The number of unbranched alkanes of at least 4 members (excludes halogenated alkanes) is 19. The van der Waals surface area contributed by atoms with E-state index in [2.05, 4.69) is 38.2 Å². The largest absolute Gasteiger partial charge is 0.481 e. The van der Waals surface area contributed by atoms with Crippen molar-refractivity contribution in [3.63, 3.8) is 0 Å². The standard InChI is InChI=1S/C18H34O3.C18H34O2/c1-2-3-4-11-14-17(19)15-12-9-7-5-6-8-10-13-16-18(20)21;1-2-3-4-5-6-7-8-9-10-11-12-13-14-15-16-17-18(19)20/h9,12,17,19H,2-8,10-11,13-16H2,1H3,(H,20,21);9-10H,2-8,11-17H2,1H3,(H,19,20)/b12-9-;10-9+/t17-;/m1./s1. The molecule has 242 valence electrons. The lowest BCUT2D eigenvalue weighted by molar-refractivity contribution is -0.138. The lowest BCUT2D eigenvalue weighted by Gasteiger charge is -2.07. The van der Waals surface area contributed by atoms with Gasteiger partial charge in [0.05, 0.1) is 6.10 Å². The van der Waals surface area contributed by atoms with E-state index in [9.17, 15) is 14.7 Å². The Bertz CT molecular complexity index is 599. The molecule has 0 heterocycles. The van der Waals surface area contributed by atoms with Crippen LogP contribution in [0.5, 0.6) is 0 Å². The number of hydrogen-bond acceptors (Lipinski definition) is 3. The quantitative estimate of drug-likeness (QED) is 0.0580. The lowest BCUT2D eigenvalue weighted by atomic mass is 10.1. The van der Waals surface area contributed by atoms with Crippen LogP contribution in [0, 0.1) is 0 Å². The number of carboxylic acid groups (broad SMARTS) is 2. The number of carbonyl (C=O) groups is 2. The van der Waals surface area contributed by atoms with E-state index in [1.54, 1.807) is 0 Å². The van der Waals surface area contributed by atoms with Crippen LogP contribution in [0.15, 0.2) is 24.3 Å². The van der Waals surface area contributed by atoms with Crippen LogP contribution in [0.1, 0.15) is 187 Å². The molecule has 1 atom stereocenters. The van der Waals surface area contributed by atoms with Crippen LogP contribution in [0.2, 0.25) is 0 Å². The molecule has 5 nitrogen and oxygen atoms in total. The Morgan fingerprint density at radius 1 is 0.488 bits per heavy atom. The van der Waals surface area contributed by atoms with Gasteiger partial charge in [-0.25, -0.2) is 0 Å². The van der Waals surface area contributed by atoms with Crippen LogP contribution >= 0.6 is 0 Å². The first kappa shape index (κ1) is 41.5. The molecule has 0 aliphatic rings. The second-order valence-corrected chi connectivity index (χ2v) is 11.6. The molecule has 0 saturated carbocycles. The first-order valence-electron chi connectivity index (χ1n) is 17.4. The Balaban J connectivity index is 0. The van der Waals surface area contributed by atoms with Crippen molar-refractivity contribution in [2.45, 2.75) is 193 Å². The molecule has 5 heteroatoms. The Morgan fingerprint density at radius 3 is 1.24 bits per heavy atom. The van der Waals surface area contributed by atoms with Gasteiger partial charge in [-0.15, -0.1) is 0 Å². The van der Waals surface area contributed by atoms with E-state index in [0.29, 0.717) is 12.8 Å². The summed E-state index contributed by atoms with van der Waals surface area (Å²) in [5, 5.41) is 26.8. The summed E-state index contributed by atoms with van der Waals surface area (Å²) in [6, 6.07) is 0. The van der Waals surface area contributed by atoms with E-state index in [1.807, 2.05) is 0 Å². The summed E-state index contributed by atoms with van der Waals surface area (Å²) in [6.07, 6.45) is 38.6. The third-order valence-corrected chi connectivity index (χ3v) is 7.38. The summed E-state index contributed by atoms with van der Waals surface area (Å²) >= 11 is 0. The normalized spacial score (nSPS) is 12.1. The van der Waals surface area contributed by atoms with Crippen molar-refractivity contribution >= 4 is 11.9 Å². The number of rotatable bonds is 30. The monoisotopic (exact) mass is 581 g/mol. The van der Waals surface area contributed by atoms with Crippen molar-refractivity contribution in [1.82, 2.24) is 0 Å². The van der Waals surface area contributed by atoms with Gasteiger partial charge in [0.15, 0.2) is 0 Å². The van der Waals surface area contributed by atoms with E-state index < -0.39 is 11.9 Å². The Labute approximate surface area is 254 Å². The molecule has 0 aromatic rings. The van der Waals surface area contributed by atoms with Gasteiger partial charge in [-0.2, -0.15) is 0 Å². The number of aliphatic carboxylic acids is 2. The zero-order chi connectivity index (χ0) is 30.7. The van der Waals surface area contributed by atoms with Gasteiger partial charge in [-0.1, -0.05) is 134 Å². The zero-order valence-electron chi connectivity index (χ0n) is 27.1. The fourth-order valence-corrected chi connectivity index (χ4v) is 4.71. The highest BCUT2D eigenvalue weighted by Crippen LogP contribution is 2.11. The topological polar surface area (TPSA) is 94.8 Å². The van der Waals surface area contributed by atoms with E-state index in [4.69, 9.17) is 10.2 Å². The van der Waals surface area contributed by atoms with Crippen molar-refractivity contribution in [3.8, 4) is 0 Å². The summed E-state index contributed by atoms with van der Waals surface area (Å²) < 4.78 is 0. The summed E-state index contributed by atoms with van der Waals surface area (Å²) in [6.45, 7) is 4.46. The maximum Gasteiger partial charge on any atom is 0.303 e. The molecule has 0 aromatic heterocycles. The van der Waals surface area contributed by atoms with Crippen molar-refractivity contribution in [2.24, 2.45) is 0 Å². The first-order valence-corrected chi connectivity index (χ1v) is 17.4. The van der Waals surface area contributed by atoms with Crippen LogP contribution in [0.25, 0.3) is 0 Å². The lowest BCUT2D eigenvalue weighted by Crippen LogP contribution is -2.04. The number of hydrogen-bond donors (Lipinski definition) is 3. The number of aliphatic hydroxyl groups is 1. The van der Waals surface area contributed by atoms with Gasteiger partial charge in [-0.05, 0) is 64.2 Å². The minimum atomic E-state index is -0.689. The van der Waals surface area contributed by atoms with Crippen LogP contribution in [-0.2, 0) is 9.59 Å². The summed E-state index contributed by atoms with van der Waals surface area (Å²) in [4.78, 5) is 20.7. The molecule has 41 heavy (non-hydrogen) atoms. The molecule has 0 amide bonds. The average Bonchev–Trinajstić information content (AvgIpc) is 2.94. The molecular formula is C36H68O5. The smallest absolute Gasteiger partial charge is 0.303 e. The molecule has 0 aromatic carbocycles. The SMILES string of the molecule is CCCCCCCC/C=C/CCCCCCCC(=O)O.CCCCCC[C@@H](O)C/C=C\CCCCCCCC(=O)O. The first-order chi connectivity index (χ1) is 19.9. The molecule has 0 spiro atoms.